The molecule has 0 spiro atoms. The van der Waals surface area contributed by atoms with Crippen molar-refractivity contribution in [2.24, 2.45) is 0 Å². The number of benzene rings is 4. The van der Waals surface area contributed by atoms with Crippen molar-refractivity contribution >= 4 is 24.1 Å². The molecule has 2 atom stereocenters. The number of esters is 1. The van der Waals surface area contributed by atoms with Crippen LogP contribution in [0.15, 0.2) is 97.1 Å². The third-order valence-corrected chi connectivity index (χ3v) is 7.62. The third kappa shape index (κ3) is 16.1. The van der Waals surface area contributed by atoms with E-state index < -0.39 is 47.4 Å². The fourth-order valence-corrected chi connectivity index (χ4v) is 5.13. The Labute approximate surface area is 332 Å². The van der Waals surface area contributed by atoms with E-state index in [1.165, 1.54) is 19.2 Å². The molecule has 5 N–H and O–H groups in total. The van der Waals surface area contributed by atoms with Crippen LogP contribution in [-0.2, 0) is 49.9 Å². The van der Waals surface area contributed by atoms with Crippen molar-refractivity contribution in [2.75, 3.05) is 7.11 Å². The summed E-state index contributed by atoms with van der Waals surface area (Å²) in [7, 11) is 1.24. The Kier molecular flexibility index (Phi) is 16.6. The van der Waals surface area contributed by atoms with Crippen LogP contribution in [0.5, 0.6) is 23.0 Å². The highest BCUT2D eigenvalue weighted by Crippen LogP contribution is 2.33. The molecule has 57 heavy (non-hydrogen) atoms. The predicted octanol–water partition coefficient (Wildman–Crippen LogP) is 7.07. The molecule has 2 amide bonds. The van der Waals surface area contributed by atoms with Crippen molar-refractivity contribution in [1.29, 1.82) is 0 Å². The molecule has 14 nitrogen and oxygen atoms in total. The van der Waals surface area contributed by atoms with Gasteiger partial charge in [0.05, 0.1) is 7.11 Å². The van der Waals surface area contributed by atoms with Gasteiger partial charge in [-0.3, -0.25) is 0 Å². The van der Waals surface area contributed by atoms with E-state index in [9.17, 15) is 34.5 Å². The maximum absolute atomic E-state index is 12.2. The van der Waals surface area contributed by atoms with Crippen LogP contribution in [-0.4, -0.2) is 69.8 Å². The van der Waals surface area contributed by atoms with Gasteiger partial charge in [0, 0.05) is 24.0 Å². The van der Waals surface area contributed by atoms with Gasteiger partial charge in [0.1, 0.15) is 36.5 Å². The van der Waals surface area contributed by atoms with Crippen LogP contribution in [0.4, 0.5) is 9.59 Å². The Morgan fingerprint density at radius 1 is 0.579 bits per heavy atom. The third-order valence-electron chi connectivity index (χ3n) is 7.62. The highest BCUT2D eigenvalue weighted by atomic mass is 16.6. The van der Waals surface area contributed by atoms with Crippen LogP contribution in [0.2, 0.25) is 0 Å². The van der Waals surface area contributed by atoms with E-state index in [0.29, 0.717) is 11.1 Å². The molecule has 1 unspecified atom stereocenters. The Hall–Kier alpha value is -6.44. The predicted molar refractivity (Wildman–Crippen MR) is 211 cm³/mol. The summed E-state index contributed by atoms with van der Waals surface area (Å²) in [6, 6.07) is 26.2. The number of rotatable bonds is 14. The number of phenols is 2. The smallest absolute Gasteiger partial charge is 0.408 e. The topological polar surface area (TPSA) is 199 Å². The van der Waals surface area contributed by atoms with Crippen molar-refractivity contribution in [1.82, 2.24) is 10.6 Å². The minimum Gasteiger partial charge on any atom is -0.504 e. The number of carbonyl (C=O) groups excluding carboxylic acids is 3. The van der Waals surface area contributed by atoms with Crippen LogP contribution in [0, 0.1) is 0 Å². The van der Waals surface area contributed by atoms with E-state index in [4.69, 9.17) is 23.7 Å². The molecule has 0 fully saturated rings. The van der Waals surface area contributed by atoms with Crippen LogP contribution in [0.3, 0.4) is 0 Å². The van der Waals surface area contributed by atoms with Crippen LogP contribution >= 0.6 is 0 Å². The number of aliphatic carboxylic acids is 1. The Morgan fingerprint density at radius 3 is 1.33 bits per heavy atom. The van der Waals surface area contributed by atoms with Crippen LogP contribution in [0.1, 0.15) is 63.8 Å². The SMILES string of the molecule is CC(C)(C)OC(=O)N[C@@H](Cc1cccc(O)c1OCc1ccccc1)C(=O)O.COC(=O)C(Cc1cccc(O)c1OCc1ccccc1)NC(=O)OC(C)(C)C. The number of amides is 2. The van der Waals surface area contributed by atoms with Gasteiger partial charge in [-0.25, -0.2) is 19.2 Å². The van der Waals surface area contributed by atoms with Gasteiger partial charge in [-0.1, -0.05) is 84.9 Å². The molecule has 0 heterocycles. The molecule has 0 aliphatic heterocycles. The standard InChI is InChI=1S/C22H27NO6.C21H25NO6/c1-22(2,3)29-21(26)23-17(20(25)27-4)13-16-11-8-12-18(24)19(16)28-14-15-9-6-5-7-10-15;1-21(2,3)28-20(26)22-16(19(24)25)12-15-10-7-11-17(23)18(15)27-13-14-8-5-4-6-9-14/h5-12,17,24H,13-14H2,1-4H3,(H,23,26);4-11,16,23H,12-13H2,1-3H3,(H,22,26)(H,24,25)/t;16-/m.0/s1. The summed E-state index contributed by atoms with van der Waals surface area (Å²) in [4.78, 5) is 47.9. The normalized spacial score (nSPS) is 12.1. The first kappa shape index (κ1) is 45.0. The lowest BCUT2D eigenvalue weighted by molar-refractivity contribution is -0.143. The monoisotopic (exact) mass is 788 g/mol. The highest BCUT2D eigenvalue weighted by molar-refractivity contribution is 5.82. The van der Waals surface area contributed by atoms with Crippen molar-refractivity contribution in [2.45, 2.75) is 90.9 Å². The maximum Gasteiger partial charge on any atom is 0.408 e. The number of ether oxygens (including phenoxy) is 5. The van der Waals surface area contributed by atoms with Crippen LogP contribution in [0.25, 0.3) is 0 Å². The number of para-hydroxylation sites is 2. The number of methoxy groups -OCH3 is 1. The van der Waals surface area contributed by atoms with Crippen LogP contribution < -0.4 is 20.1 Å². The maximum atomic E-state index is 12.2. The second-order valence-corrected chi connectivity index (χ2v) is 14.7. The molecule has 0 saturated heterocycles. The molecular formula is C43H52N2O12. The molecule has 4 aromatic carbocycles. The number of alkyl carbamates (subject to hydrolysis) is 2. The number of carbonyl (C=O) groups is 4. The van der Waals surface area contributed by atoms with Gasteiger partial charge in [-0.05, 0) is 64.8 Å². The molecule has 306 valence electrons. The molecule has 0 aliphatic carbocycles. The van der Waals surface area contributed by atoms with Gasteiger partial charge in [0.25, 0.3) is 0 Å². The summed E-state index contributed by atoms with van der Waals surface area (Å²) in [5.41, 5.74) is 1.38. The summed E-state index contributed by atoms with van der Waals surface area (Å²) < 4.78 is 26.7. The molecule has 0 aliphatic rings. The van der Waals surface area contributed by atoms with E-state index in [1.54, 1.807) is 65.8 Å². The van der Waals surface area contributed by atoms with E-state index in [-0.39, 0.29) is 49.1 Å². The molecule has 4 aromatic rings. The number of carboxylic acid groups (broad SMARTS) is 1. The zero-order valence-corrected chi connectivity index (χ0v) is 33.2. The average Bonchev–Trinajstić information content (AvgIpc) is 3.13. The molecule has 0 bridgehead atoms. The lowest BCUT2D eigenvalue weighted by atomic mass is 10.0. The molecule has 0 saturated carbocycles. The molecule has 14 heteroatoms. The molecule has 4 rings (SSSR count). The van der Waals surface area contributed by atoms with Gasteiger partial charge >= 0.3 is 24.1 Å². The fraction of sp³-hybridized carbons (Fsp3) is 0.349. The summed E-state index contributed by atoms with van der Waals surface area (Å²) in [5, 5.41) is 34.8. The first-order valence-corrected chi connectivity index (χ1v) is 18.1. The quantitative estimate of drug-likeness (QED) is 0.0644. The average molecular weight is 789 g/mol. The lowest BCUT2D eigenvalue weighted by Gasteiger charge is -2.23. The van der Waals surface area contributed by atoms with Gasteiger partial charge in [-0.15, -0.1) is 0 Å². The first-order valence-electron chi connectivity index (χ1n) is 18.1. The molecular weight excluding hydrogens is 736 g/mol. The van der Waals surface area contributed by atoms with Crippen molar-refractivity contribution < 1.29 is 58.2 Å². The number of hydrogen-bond donors (Lipinski definition) is 5. The number of nitrogens with one attached hydrogen (secondary N) is 2. The number of carboxylic acids is 1. The van der Waals surface area contributed by atoms with Crippen molar-refractivity contribution in [3.63, 3.8) is 0 Å². The van der Waals surface area contributed by atoms with Gasteiger partial charge in [0.2, 0.25) is 0 Å². The second-order valence-electron chi connectivity index (χ2n) is 14.7. The van der Waals surface area contributed by atoms with Gasteiger partial charge < -0.3 is 49.6 Å². The minimum absolute atomic E-state index is 0.0562. The zero-order chi connectivity index (χ0) is 42.2. The molecule has 0 radical (unpaired) electrons. The highest BCUT2D eigenvalue weighted by Gasteiger charge is 2.28. The first-order chi connectivity index (χ1) is 26.8. The van der Waals surface area contributed by atoms with Gasteiger partial charge in [-0.2, -0.15) is 0 Å². The van der Waals surface area contributed by atoms with E-state index in [2.05, 4.69) is 10.6 Å². The minimum atomic E-state index is -1.24. The van der Waals surface area contributed by atoms with E-state index in [1.807, 2.05) is 60.7 Å². The van der Waals surface area contributed by atoms with E-state index in [0.717, 1.165) is 11.1 Å². The lowest BCUT2D eigenvalue weighted by Crippen LogP contribution is -2.45. The number of hydrogen-bond acceptors (Lipinski definition) is 11. The fourth-order valence-electron chi connectivity index (χ4n) is 5.13. The van der Waals surface area contributed by atoms with E-state index >= 15 is 0 Å². The summed E-state index contributed by atoms with van der Waals surface area (Å²) in [5.74, 6) is -1.58. The zero-order valence-electron chi connectivity index (χ0n) is 33.2. The summed E-state index contributed by atoms with van der Waals surface area (Å²) in [6.45, 7) is 10.7. The van der Waals surface area contributed by atoms with Gasteiger partial charge in [0.15, 0.2) is 23.0 Å². The summed E-state index contributed by atoms with van der Waals surface area (Å²) in [6.07, 6.45) is -1.58. The largest absolute Gasteiger partial charge is 0.504 e. The number of aromatic hydroxyl groups is 2. The van der Waals surface area contributed by atoms with Crippen molar-refractivity contribution in [3.05, 3.63) is 119 Å². The van der Waals surface area contributed by atoms with Crippen molar-refractivity contribution in [3.8, 4) is 23.0 Å². The Bertz CT molecular complexity index is 1920. The number of phenolic OH excluding ortho intramolecular Hbond substituents is 2. The second kappa shape index (κ2) is 21.0. The summed E-state index contributed by atoms with van der Waals surface area (Å²) >= 11 is 0. The Morgan fingerprint density at radius 2 is 0.965 bits per heavy atom. The Balaban J connectivity index is 0.000000306. The molecule has 0 aromatic heterocycles.